The largest absolute Gasteiger partial charge is 0.491 e. The van der Waals surface area contributed by atoms with E-state index < -0.39 is 10.0 Å². The van der Waals surface area contributed by atoms with Gasteiger partial charge in [0.2, 0.25) is 0 Å². The van der Waals surface area contributed by atoms with Gasteiger partial charge in [-0.3, -0.25) is 9.52 Å². The molecule has 1 amide bonds. The summed E-state index contributed by atoms with van der Waals surface area (Å²) in [5.74, 6) is 0.253. The Kier molecular flexibility index (Phi) is 8.23. The lowest BCUT2D eigenvalue weighted by atomic mass is 10.0. The summed E-state index contributed by atoms with van der Waals surface area (Å²) in [4.78, 5) is 14.8. The number of carbonyl (C=O) groups excluding carboxylic acids is 1. The molecule has 0 aromatic heterocycles. The summed E-state index contributed by atoms with van der Waals surface area (Å²) in [5, 5.41) is 3.53. The van der Waals surface area contributed by atoms with Gasteiger partial charge in [0.05, 0.1) is 16.7 Å². The van der Waals surface area contributed by atoms with Gasteiger partial charge in [0.1, 0.15) is 17.3 Å². The van der Waals surface area contributed by atoms with E-state index in [4.69, 9.17) is 21.1 Å². The molecule has 1 aliphatic heterocycles. The molecule has 0 spiro atoms. The molecule has 2 N–H and O–H groups in total. The number of carbonyl (C=O) groups is 1. The molecule has 2 aromatic rings. The number of rotatable bonds is 4. The molecule has 0 bridgehead atoms. The Morgan fingerprint density at radius 1 is 1.21 bits per heavy atom. The maximum Gasteiger partial charge on any atom is 0.263 e. The van der Waals surface area contributed by atoms with Gasteiger partial charge in [-0.1, -0.05) is 30.7 Å². The average molecular weight is 496 g/mol. The van der Waals surface area contributed by atoms with Gasteiger partial charge in [0, 0.05) is 39.0 Å². The van der Waals surface area contributed by atoms with Crippen LogP contribution in [0.15, 0.2) is 47.4 Å². The van der Waals surface area contributed by atoms with Crippen LogP contribution in [0.2, 0.25) is 5.02 Å². The second-order valence-corrected chi connectivity index (χ2v) is 10.4. The van der Waals surface area contributed by atoms with E-state index in [2.05, 4.69) is 17.0 Å². The summed E-state index contributed by atoms with van der Waals surface area (Å²) in [6.07, 6.45) is -0.163. The van der Waals surface area contributed by atoms with Gasteiger partial charge >= 0.3 is 0 Å². The van der Waals surface area contributed by atoms with E-state index in [0.717, 1.165) is 6.54 Å². The Balaban J connectivity index is 1.95. The number of benzene rings is 2. The van der Waals surface area contributed by atoms with Crippen molar-refractivity contribution in [3.05, 3.63) is 53.1 Å². The number of amides is 1. The smallest absolute Gasteiger partial charge is 0.263 e. The maximum atomic E-state index is 13.3. The van der Waals surface area contributed by atoms with Crippen molar-refractivity contribution >= 4 is 33.2 Å². The maximum absolute atomic E-state index is 13.3. The van der Waals surface area contributed by atoms with Gasteiger partial charge in [-0.25, -0.2) is 8.42 Å². The van der Waals surface area contributed by atoms with Crippen LogP contribution in [-0.4, -0.2) is 65.2 Å². The second kappa shape index (κ2) is 10.7. The van der Waals surface area contributed by atoms with Crippen LogP contribution < -0.4 is 14.8 Å². The monoisotopic (exact) mass is 495 g/mol. The summed E-state index contributed by atoms with van der Waals surface area (Å²) in [6, 6.07) is 10.9. The molecule has 0 aliphatic carbocycles. The number of methoxy groups -OCH3 is 1. The number of nitrogens with zero attached hydrogens (tertiary/aromatic N) is 1. The molecule has 2 aromatic carbocycles. The minimum absolute atomic E-state index is 0.0449. The highest BCUT2D eigenvalue weighted by atomic mass is 35.5. The number of anilines is 1. The fraction of sp³-hybridized carbons (Fsp3) is 0.435. The van der Waals surface area contributed by atoms with Crippen LogP contribution in [-0.2, 0) is 14.8 Å². The van der Waals surface area contributed by atoms with Crippen molar-refractivity contribution in [2.24, 2.45) is 5.92 Å². The lowest BCUT2D eigenvalue weighted by molar-refractivity contribution is 0.0281. The second-order valence-electron chi connectivity index (χ2n) is 8.30. The predicted molar refractivity (Wildman–Crippen MR) is 129 cm³/mol. The van der Waals surface area contributed by atoms with Crippen molar-refractivity contribution in [1.29, 1.82) is 0 Å². The standard InChI is InChI=1S/C23H30ClN3O5S/c1-15-12-25-16(2)14-32-20-10-9-17(11-18(20)23(28)27(3)13-21(15)31-4)26-33(29,30)22-8-6-5-7-19(22)24/h5-11,15-16,21,25-26H,12-14H2,1-4H3/t15-,16-,21+/m1/s1. The molecular weight excluding hydrogens is 466 g/mol. The van der Waals surface area contributed by atoms with Crippen LogP contribution in [0.1, 0.15) is 24.2 Å². The van der Waals surface area contributed by atoms with Crippen molar-refractivity contribution in [2.75, 3.05) is 38.6 Å². The van der Waals surface area contributed by atoms with Gasteiger partial charge in [-0.05, 0) is 43.2 Å². The van der Waals surface area contributed by atoms with Crippen LogP contribution in [0.3, 0.4) is 0 Å². The van der Waals surface area contributed by atoms with Crippen LogP contribution in [0.4, 0.5) is 5.69 Å². The Bertz CT molecular complexity index is 1100. The molecular formula is C23H30ClN3O5S. The predicted octanol–water partition coefficient (Wildman–Crippen LogP) is 3.23. The first-order valence-electron chi connectivity index (χ1n) is 10.7. The zero-order chi connectivity index (χ0) is 24.2. The molecule has 8 nitrogen and oxygen atoms in total. The van der Waals surface area contributed by atoms with Gasteiger partial charge in [-0.15, -0.1) is 0 Å². The summed E-state index contributed by atoms with van der Waals surface area (Å²) in [5.41, 5.74) is 0.487. The Morgan fingerprint density at radius 3 is 2.64 bits per heavy atom. The van der Waals surface area contributed by atoms with Crippen molar-refractivity contribution in [3.8, 4) is 5.75 Å². The van der Waals surface area contributed by atoms with Gasteiger partial charge in [-0.2, -0.15) is 0 Å². The Labute approximate surface area is 200 Å². The molecule has 3 rings (SSSR count). The number of hydrogen-bond acceptors (Lipinski definition) is 6. The topological polar surface area (TPSA) is 97.0 Å². The first-order chi connectivity index (χ1) is 15.6. The van der Waals surface area contributed by atoms with E-state index in [9.17, 15) is 13.2 Å². The van der Waals surface area contributed by atoms with Crippen LogP contribution >= 0.6 is 11.6 Å². The number of likely N-dealkylation sites (N-methyl/N-ethyl adjacent to an activating group) is 1. The number of hydrogen-bond donors (Lipinski definition) is 2. The molecule has 0 unspecified atom stereocenters. The highest BCUT2D eigenvalue weighted by molar-refractivity contribution is 7.92. The van der Waals surface area contributed by atoms with Crippen molar-refractivity contribution in [1.82, 2.24) is 10.2 Å². The fourth-order valence-corrected chi connectivity index (χ4v) is 5.17. The van der Waals surface area contributed by atoms with Crippen LogP contribution in [0, 0.1) is 5.92 Å². The van der Waals surface area contributed by atoms with Crippen LogP contribution in [0.5, 0.6) is 5.75 Å². The third-order valence-electron chi connectivity index (χ3n) is 5.60. The molecule has 0 saturated heterocycles. The lowest BCUT2D eigenvalue weighted by Crippen LogP contribution is -2.44. The molecule has 0 saturated carbocycles. The van der Waals surface area contributed by atoms with Crippen LogP contribution in [0.25, 0.3) is 0 Å². The zero-order valence-electron chi connectivity index (χ0n) is 19.2. The molecule has 33 heavy (non-hydrogen) atoms. The summed E-state index contributed by atoms with van der Waals surface area (Å²) >= 11 is 6.07. The van der Waals surface area contributed by atoms with Gasteiger partial charge in [0.15, 0.2) is 0 Å². The lowest BCUT2D eigenvalue weighted by Gasteiger charge is -2.30. The SMILES string of the molecule is CO[C@H]1CN(C)C(=O)c2cc(NS(=O)(=O)c3ccccc3Cl)ccc2OC[C@@H](C)NC[C@H]1C. The number of halogens is 1. The van der Waals surface area contributed by atoms with Crippen molar-refractivity contribution < 1.29 is 22.7 Å². The molecule has 1 heterocycles. The summed E-state index contributed by atoms with van der Waals surface area (Å²) in [7, 11) is -0.628. The van der Waals surface area contributed by atoms with E-state index in [-0.39, 0.29) is 45.1 Å². The van der Waals surface area contributed by atoms with Gasteiger partial charge < -0.3 is 19.7 Å². The van der Waals surface area contributed by atoms with Crippen molar-refractivity contribution in [2.45, 2.75) is 30.9 Å². The van der Waals surface area contributed by atoms with E-state index in [1.54, 1.807) is 43.3 Å². The first kappa shape index (κ1) is 25.3. The number of ether oxygens (including phenoxy) is 2. The normalized spacial score (nSPS) is 22.5. The number of nitrogens with one attached hydrogen (secondary N) is 2. The molecule has 0 fully saturated rings. The number of fused-ring (bicyclic) bond motifs is 1. The molecule has 1 aliphatic rings. The van der Waals surface area contributed by atoms with E-state index in [0.29, 0.717) is 18.9 Å². The quantitative estimate of drug-likeness (QED) is 0.676. The van der Waals surface area contributed by atoms with Crippen molar-refractivity contribution in [3.63, 3.8) is 0 Å². The third kappa shape index (κ3) is 6.17. The minimum atomic E-state index is -3.95. The molecule has 3 atom stereocenters. The average Bonchev–Trinajstić information content (AvgIpc) is 2.78. The van der Waals surface area contributed by atoms with E-state index in [1.165, 1.54) is 18.2 Å². The minimum Gasteiger partial charge on any atom is -0.491 e. The van der Waals surface area contributed by atoms with Gasteiger partial charge in [0.25, 0.3) is 15.9 Å². The van der Waals surface area contributed by atoms with E-state index in [1.807, 2.05) is 6.92 Å². The summed E-state index contributed by atoms with van der Waals surface area (Å²) in [6.45, 7) is 5.51. The fourth-order valence-electron chi connectivity index (χ4n) is 3.60. The zero-order valence-corrected chi connectivity index (χ0v) is 20.7. The Morgan fingerprint density at radius 2 is 1.94 bits per heavy atom. The highest BCUT2D eigenvalue weighted by Crippen LogP contribution is 2.28. The number of sulfonamides is 1. The molecule has 180 valence electrons. The van der Waals surface area contributed by atoms with E-state index >= 15 is 0 Å². The third-order valence-corrected chi connectivity index (χ3v) is 7.48. The first-order valence-corrected chi connectivity index (χ1v) is 12.5. The summed E-state index contributed by atoms with van der Waals surface area (Å²) < 4.78 is 39.8. The Hall–Kier alpha value is -2.33. The molecule has 10 heteroatoms. The highest BCUT2D eigenvalue weighted by Gasteiger charge is 2.26. The molecule has 0 radical (unpaired) electrons.